The molecule has 0 bridgehead atoms. The van der Waals surface area contributed by atoms with Gasteiger partial charge in [-0.1, -0.05) is 38.1 Å². The van der Waals surface area contributed by atoms with Gasteiger partial charge in [0, 0.05) is 0 Å². The molecule has 3 aromatic rings. The summed E-state index contributed by atoms with van der Waals surface area (Å²) in [5.41, 5.74) is 2.70. The summed E-state index contributed by atoms with van der Waals surface area (Å²) in [6.45, 7) is 4.41. The lowest BCUT2D eigenvalue weighted by Gasteiger charge is -2.17. The third-order valence-corrected chi connectivity index (χ3v) is 4.63. The van der Waals surface area contributed by atoms with Crippen LogP contribution in [0.2, 0.25) is 0 Å². The molecule has 0 aliphatic rings. The summed E-state index contributed by atoms with van der Waals surface area (Å²) in [5.74, 6) is 0.186. The van der Waals surface area contributed by atoms with Gasteiger partial charge in [-0.25, -0.2) is 9.78 Å². The van der Waals surface area contributed by atoms with Crippen molar-refractivity contribution in [1.29, 1.82) is 0 Å². The molecule has 29 heavy (non-hydrogen) atoms. The number of nitrogens with zero attached hydrogens (tertiary/aromatic N) is 2. The molecule has 2 aromatic carbocycles. The van der Waals surface area contributed by atoms with Gasteiger partial charge < -0.3 is 9.47 Å². The standard InChI is InChI=1S/C22H24F2N2O3/c1-13(2)16-10-9-14(3)11-19(16)28-12-20(27)29-15(4)21-25-17-7-5-6-8-18(17)26(21)22(23)24/h5-11,13,15,22H,12H2,1-4H3. The molecule has 0 fully saturated rings. The number of carbonyl (C=O) groups excluding carboxylic acids is 1. The molecule has 0 amide bonds. The molecule has 3 rings (SSSR count). The van der Waals surface area contributed by atoms with Gasteiger partial charge in [0.1, 0.15) is 5.75 Å². The second-order valence-corrected chi connectivity index (χ2v) is 7.22. The minimum atomic E-state index is -2.80. The lowest BCUT2D eigenvalue weighted by atomic mass is 10.0. The van der Waals surface area contributed by atoms with Crippen molar-refractivity contribution in [3.63, 3.8) is 0 Å². The number of benzene rings is 2. The van der Waals surface area contributed by atoms with Crippen LogP contribution in [0.4, 0.5) is 8.78 Å². The summed E-state index contributed by atoms with van der Waals surface area (Å²) < 4.78 is 38.9. The number of halogens is 2. The summed E-state index contributed by atoms with van der Waals surface area (Å²) in [5, 5.41) is 0. The molecule has 0 saturated heterocycles. The molecule has 1 aromatic heterocycles. The Morgan fingerprint density at radius 2 is 1.86 bits per heavy atom. The average molecular weight is 402 g/mol. The van der Waals surface area contributed by atoms with Gasteiger partial charge >= 0.3 is 12.5 Å². The number of carbonyl (C=O) groups is 1. The molecular weight excluding hydrogens is 378 g/mol. The van der Waals surface area contributed by atoms with Gasteiger partial charge in [-0.15, -0.1) is 0 Å². The van der Waals surface area contributed by atoms with Crippen molar-refractivity contribution in [1.82, 2.24) is 9.55 Å². The number of fused-ring (bicyclic) bond motifs is 1. The Hall–Kier alpha value is -2.96. The first-order chi connectivity index (χ1) is 13.8. The number of aryl methyl sites for hydroxylation is 1. The summed E-state index contributed by atoms with van der Waals surface area (Å²) in [6, 6.07) is 12.4. The maximum absolute atomic E-state index is 13.6. The topological polar surface area (TPSA) is 53.4 Å². The highest BCUT2D eigenvalue weighted by Crippen LogP contribution is 2.29. The average Bonchev–Trinajstić information content (AvgIpc) is 3.06. The van der Waals surface area contributed by atoms with Crippen LogP contribution in [0, 0.1) is 6.92 Å². The molecule has 0 spiro atoms. The van der Waals surface area contributed by atoms with Crippen LogP contribution >= 0.6 is 0 Å². The Morgan fingerprint density at radius 3 is 2.55 bits per heavy atom. The van der Waals surface area contributed by atoms with Crippen LogP contribution in [-0.4, -0.2) is 22.1 Å². The fraction of sp³-hybridized carbons (Fsp3) is 0.364. The number of imidazole rings is 1. The second-order valence-electron chi connectivity index (χ2n) is 7.22. The van der Waals surface area contributed by atoms with Crippen LogP contribution in [0.1, 0.15) is 56.3 Å². The third-order valence-electron chi connectivity index (χ3n) is 4.63. The van der Waals surface area contributed by atoms with E-state index in [1.165, 1.54) is 6.92 Å². The Balaban J connectivity index is 1.73. The van der Waals surface area contributed by atoms with Crippen molar-refractivity contribution in [2.24, 2.45) is 0 Å². The minimum Gasteiger partial charge on any atom is -0.482 e. The van der Waals surface area contributed by atoms with Crippen LogP contribution in [0.15, 0.2) is 42.5 Å². The van der Waals surface area contributed by atoms with Gasteiger partial charge in [-0.3, -0.25) is 4.57 Å². The molecule has 0 N–H and O–H groups in total. The molecule has 0 aliphatic heterocycles. The van der Waals surface area contributed by atoms with E-state index in [-0.39, 0.29) is 23.9 Å². The number of aromatic nitrogens is 2. The van der Waals surface area contributed by atoms with Gasteiger partial charge in [-0.05, 0) is 49.1 Å². The molecular formula is C22H24F2N2O3. The number of alkyl halides is 2. The van der Waals surface area contributed by atoms with Crippen LogP contribution in [0.3, 0.4) is 0 Å². The number of ether oxygens (including phenoxy) is 2. The Bertz CT molecular complexity index is 1010. The normalized spacial score (nSPS) is 12.6. The zero-order valence-corrected chi connectivity index (χ0v) is 16.9. The summed E-state index contributed by atoms with van der Waals surface area (Å²) in [7, 11) is 0. The number of hydrogen-bond acceptors (Lipinski definition) is 4. The molecule has 5 nitrogen and oxygen atoms in total. The van der Waals surface area contributed by atoms with Crippen LogP contribution < -0.4 is 4.74 Å². The number of hydrogen-bond donors (Lipinski definition) is 0. The summed E-state index contributed by atoms with van der Waals surface area (Å²) in [4.78, 5) is 16.5. The van der Waals surface area contributed by atoms with E-state index in [0.29, 0.717) is 11.3 Å². The zero-order chi connectivity index (χ0) is 21.1. The lowest BCUT2D eigenvalue weighted by molar-refractivity contribution is -0.151. The monoisotopic (exact) mass is 402 g/mol. The Morgan fingerprint density at radius 1 is 1.14 bits per heavy atom. The van der Waals surface area contributed by atoms with E-state index in [0.717, 1.165) is 15.7 Å². The van der Waals surface area contributed by atoms with Crippen molar-refractivity contribution in [3.8, 4) is 5.75 Å². The molecule has 1 atom stereocenters. The number of esters is 1. The molecule has 1 unspecified atom stereocenters. The maximum Gasteiger partial charge on any atom is 0.344 e. The van der Waals surface area contributed by atoms with Crippen molar-refractivity contribution in [2.75, 3.05) is 6.61 Å². The van der Waals surface area contributed by atoms with Crippen LogP contribution in [-0.2, 0) is 9.53 Å². The fourth-order valence-corrected chi connectivity index (χ4v) is 3.22. The zero-order valence-electron chi connectivity index (χ0n) is 16.9. The lowest BCUT2D eigenvalue weighted by Crippen LogP contribution is -2.19. The first-order valence-electron chi connectivity index (χ1n) is 9.45. The molecule has 154 valence electrons. The van der Waals surface area contributed by atoms with E-state index < -0.39 is 18.6 Å². The second kappa shape index (κ2) is 8.59. The van der Waals surface area contributed by atoms with Gasteiger partial charge in [-0.2, -0.15) is 8.78 Å². The van der Waals surface area contributed by atoms with E-state index in [9.17, 15) is 13.6 Å². The van der Waals surface area contributed by atoms with Crippen LogP contribution in [0.25, 0.3) is 11.0 Å². The van der Waals surface area contributed by atoms with Gasteiger partial charge in [0.15, 0.2) is 18.5 Å². The number of rotatable bonds is 7. The smallest absolute Gasteiger partial charge is 0.344 e. The highest BCUT2D eigenvalue weighted by Gasteiger charge is 2.24. The highest BCUT2D eigenvalue weighted by molar-refractivity contribution is 5.76. The minimum absolute atomic E-state index is 0.00650. The van der Waals surface area contributed by atoms with Gasteiger partial charge in [0.25, 0.3) is 0 Å². The van der Waals surface area contributed by atoms with Gasteiger partial charge in [0.2, 0.25) is 0 Å². The first kappa shape index (κ1) is 20.8. The predicted octanol–water partition coefficient (Wildman–Crippen LogP) is 5.55. The van der Waals surface area contributed by atoms with Crippen LogP contribution in [0.5, 0.6) is 5.75 Å². The molecule has 0 aliphatic carbocycles. The first-order valence-corrected chi connectivity index (χ1v) is 9.45. The van der Waals surface area contributed by atoms with E-state index in [4.69, 9.17) is 9.47 Å². The van der Waals surface area contributed by atoms with E-state index in [1.807, 2.05) is 39.0 Å². The molecule has 0 saturated carbocycles. The predicted molar refractivity (Wildman–Crippen MR) is 106 cm³/mol. The third kappa shape index (κ3) is 4.55. The molecule has 0 radical (unpaired) electrons. The van der Waals surface area contributed by atoms with Crippen molar-refractivity contribution in [2.45, 2.75) is 46.3 Å². The Labute approximate surface area is 168 Å². The van der Waals surface area contributed by atoms with Crippen molar-refractivity contribution in [3.05, 3.63) is 59.4 Å². The van der Waals surface area contributed by atoms with Crippen molar-refractivity contribution >= 4 is 17.0 Å². The van der Waals surface area contributed by atoms with E-state index in [1.54, 1.807) is 24.3 Å². The summed E-state index contributed by atoms with van der Waals surface area (Å²) >= 11 is 0. The Kier molecular flexibility index (Phi) is 6.15. The number of para-hydroxylation sites is 2. The maximum atomic E-state index is 13.6. The van der Waals surface area contributed by atoms with E-state index >= 15 is 0 Å². The van der Waals surface area contributed by atoms with Crippen molar-refractivity contribution < 1.29 is 23.0 Å². The molecule has 7 heteroatoms. The highest BCUT2D eigenvalue weighted by atomic mass is 19.3. The van der Waals surface area contributed by atoms with Gasteiger partial charge in [0.05, 0.1) is 11.0 Å². The van der Waals surface area contributed by atoms with E-state index in [2.05, 4.69) is 4.98 Å². The summed E-state index contributed by atoms with van der Waals surface area (Å²) in [6.07, 6.45) is -0.949. The SMILES string of the molecule is Cc1ccc(C(C)C)c(OCC(=O)OC(C)c2nc3ccccc3n2C(F)F)c1. The fourth-order valence-electron chi connectivity index (χ4n) is 3.22. The molecule has 1 heterocycles. The quantitative estimate of drug-likeness (QED) is 0.487. The largest absolute Gasteiger partial charge is 0.482 e.